The normalized spacial score (nSPS) is 13.9. The van der Waals surface area contributed by atoms with Crippen molar-refractivity contribution in [2.45, 2.75) is 13.3 Å². The Bertz CT molecular complexity index is 419. The first-order valence-electron chi connectivity index (χ1n) is 4.37. The van der Waals surface area contributed by atoms with Gasteiger partial charge in [-0.3, -0.25) is 0 Å². The molecule has 1 heterocycles. The van der Waals surface area contributed by atoms with E-state index in [2.05, 4.69) is 0 Å². The number of aliphatic carboxylic acids is 1. The van der Waals surface area contributed by atoms with Gasteiger partial charge in [-0.1, -0.05) is 17.7 Å². The Hall–Kier alpha value is -1.77. The van der Waals surface area contributed by atoms with E-state index in [-0.39, 0.29) is 5.76 Å². The van der Waals surface area contributed by atoms with E-state index >= 15 is 0 Å². The van der Waals surface area contributed by atoms with Crippen LogP contribution in [0.2, 0.25) is 0 Å². The van der Waals surface area contributed by atoms with Gasteiger partial charge >= 0.3 is 5.97 Å². The number of fused-ring (bicyclic) bond motifs is 1. The number of aryl methyl sites for hydroxylation is 1. The van der Waals surface area contributed by atoms with E-state index in [4.69, 9.17) is 9.84 Å². The lowest BCUT2D eigenvalue weighted by Gasteiger charge is -2.15. The van der Waals surface area contributed by atoms with Gasteiger partial charge < -0.3 is 9.84 Å². The fraction of sp³-hybridized carbons (Fsp3) is 0.182. The molecule has 3 nitrogen and oxygen atoms in total. The van der Waals surface area contributed by atoms with Crippen LogP contribution in [0.3, 0.4) is 0 Å². The summed E-state index contributed by atoms with van der Waals surface area (Å²) in [7, 11) is 0. The number of carboxylic acid groups (broad SMARTS) is 1. The minimum atomic E-state index is -1.02. The quantitative estimate of drug-likeness (QED) is 0.735. The maximum absolute atomic E-state index is 10.6. The Kier molecular flexibility index (Phi) is 2.00. The van der Waals surface area contributed by atoms with Gasteiger partial charge in [-0.15, -0.1) is 0 Å². The van der Waals surface area contributed by atoms with Crippen LogP contribution in [0.5, 0.6) is 5.75 Å². The second-order valence-corrected chi connectivity index (χ2v) is 3.29. The monoisotopic (exact) mass is 190 g/mol. The number of benzene rings is 1. The summed E-state index contributed by atoms with van der Waals surface area (Å²) in [6, 6.07) is 5.72. The molecule has 2 rings (SSSR count). The topological polar surface area (TPSA) is 46.5 Å². The molecule has 0 radical (unpaired) electrons. The molecule has 1 aliphatic heterocycles. The molecular weight excluding hydrogens is 180 g/mol. The summed E-state index contributed by atoms with van der Waals surface area (Å²) in [5, 5.41) is 8.73. The van der Waals surface area contributed by atoms with Gasteiger partial charge in [-0.05, 0) is 31.1 Å². The summed E-state index contributed by atoms with van der Waals surface area (Å²) in [4.78, 5) is 10.6. The molecule has 3 heteroatoms. The van der Waals surface area contributed by atoms with Gasteiger partial charge in [-0.2, -0.15) is 0 Å². The minimum absolute atomic E-state index is 0.0151. The molecule has 1 aromatic carbocycles. The molecule has 72 valence electrons. The van der Waals surface area contributed by atoms with Crippen LogP contribution in [0.25, 0.3) is 0 Å². The lowest BCUT2D eigenvalue weighted by atomic mass is 10.1. The number of rotatable bonds is 1. The lowest BCUT2D eigenvalue weighted by molar-refractivity contribution is -0.135. The zero-order chi connectivity index (χ0) is 10.1. The van der Waals surface area contributed by atoms with Gasteiger partial charge in [0.05, 0.1) is 0 Å². The Morgan fingerprint density at radius 3 is 3.00 bits per heavy atom. The molecule has 0 atom stereocenters. The summed E-state index contributed by atoms with van der Waals surface area (Å²) >= 11 is 0. The fourth-order valence-electron chi connectivity index (χ4n) is 1.46. The minimum Gasteiger partial charge on any atom is -0.475 e. The van der Waals surface area contributed by atoms with Gasteiger partial charge in [0, 0.05) is 0 Å². The van der Waals surface area contributed by atoms with E-state index in [0.29, 0.717) is 12.2 Å². The number of ether oxygens (including phenoxy) is 1. The predicted octanol–water partition coefficient (Wildman–Crippen LogP) is 1.90. The molecule has 0 aliphatic carbocycles. The average Bonchev–Trinajstić information content (AvgIpc) is 2.16. The third-order valence-corrected chi connectivity index (χ3v) is 2.15. The van der Waals surface area contributed by atoms with Gasteiger partial charge in [0.25, 0.3) is 0 Å². The van der Waals surface area contributed by atoms with Crippen molar-refractivity contribution in [1.82, 2.24) is 0 Å². The number of carbonyl (C=O) groups is 1. The highest BCUT2D eigenvalue weighted by molar-refractivity contribution is 5.85. The van der Waals surface area contributed by atoms with Crippen molar-refractivity contribution in [2.75, 3.05) is 0 Å². The molecule has 14 heavy (non-hydrogen) atoms. The number of carboxylic acids is 1. The summed E-state index contributed by atoms with van der Waals surface area (Å²) in [6.45, 7) is 2.00. The van der Waals surface area contributed by atoms with Gasteiger partial charge in [-0.25, -0.2) is 4.79 Å². The fourth-order valence-corrected chi connectivity index (χ4v) is 1.46. The molecular formula is C11H10O3. The summed E-state index contributed by atoms with van der Waals surface area (Å²) in [6.07, 6.45) is 2.21. The highest BCUT2D eigenvalue weighted by Crippen LogP contribution is 2.26. The van der Waals surface area contributed by atoms with Crippen LogP contribution in [0.15, 0.2) is 30.0 Å². The zero-order valence-corrected chi connectivity index (χ0v) is 7.78. The van der Waals surface area contributed by atoms with Crippen LogP contribution >= 0.6 is 0 Å². The van der Waals surface area contributed by atoms with E-state index in [1.807, 2.05) is 19.1 Å². The summed E-state index contributed by atoms with van der Waals surface area (Å²) in [5.41, 5.74) is 2.19. The van der Waals surface area contributed by atoms with E-state index in [1.54, 1.807) is 12.1 Å². The number of allylic oxidation sites excluding steroid dienone is 1. The molecule has 1 aliphatic rings. The van der Waals surface area contributed by atoms with Crippen LogP contribution in [0.4, 0.5) is 0 Å². The smallest absolute Gasteiger partial charge is 0.371 e. The van der Waals surface area contributed by atoms with E-state index < -0.39 is 5.97 Å². The Labute approximate surface area is 81.6 Å². The van der Waals surface area contributed by atoms with Crippen molar-refractivity contribution in [1.29, 1.82) is 0 Å². The van der Waals surface area contributed by atoms with Crippen LogP contribution < -0.4 is 4.74 Å². The maximum Gasteiger partial charge on any atom is 0.371 e. The van der Waals surface area contributed by atoms with Gasteiger partial charge in [0.2, 0.25) is 5.76 Å². The average molecular weight is 190 g/mol. The first kappa shape index (κ1) is 8.81. The van der Waals surface area contributed by atoms with Crippen LogP contribution in [-0.4, -0.2) is 11.1 Å². The van der Waals surface area contributed by atoms with Crippen molar-refractivity contribution in [3.63, 3.8) is 0 Å². The van der Waals surface area contributed by atoms with Crippen molar-refractivity contribution < 1.29 is 14.6 Å². The highest BCUT2D eigenvalue weighted by Gasteiger charge is 2.17. The Morgan fingerprint density at radius 2 is 2.29 bits per heavy atom. The van der Waals surface area contributed by atoms with E-state index in [9.17, 15) is 4.79 Å². The van der Waals surface area contributed by atoms with E-state index in [0.717, 1.165) is 11.1 Å². The van der Waals surface area contributed by atoms with Gasteiger partial charge in [0.1, 0.15) is 5.75 Å². The number of hydrogen-bond acceptors (Lipinski definition) is 2. The molecule has 0 bridgehead atoms. The van der Waals surface area contributed by atoms with Crippen LogP contribution in [0.1, 0.15) is 11.1 Å². The van der Waals surface area contributed by atoms with Gasteiger partial charge in [0.15, 0.2) is 0 Å². The Balaban J connectivity index is 2.34. The second kappa shape index (κ2) is 3.18. The molecule has 0 saturated heterocycles. The molecule has 0 spiro atoms. The van der Waals surface area contributed by atoms with E-state index in [1.165, 1.54) is 0 Å². The molecule has 0 saturated carbocycles. The molecule has 0 unspecified atom stereocenters. The first-order chi connectivity index (χ1) is 6.66. The first-order valence-corrected chi connectivity index (χ1v) is 4.37. The molecule has 0 fully saturated rings. The maximum atomic E-state index is 10.6. The highest BCUT2D eigenvalue weighted by atomic mass is 16.5. The summed E-state index contributed by atoms with van der Waals surface area (Å²) < 4.78 is 5.21. The third-order valence-electron chi connectivity index (χ3n) is 2.15. The zero-order valence-electron chi connectivity index (χ0n) is 7.78. The van der Waals surface area contributed by atoms with Crippen molar-refractivity contribution in [3.8, 4) is 5.75 Å². The number of hydrogen-bond donors (Lipinski definition) is 1. The lowest BCUT2D eigenvalue weighted by Crippen LogP contribution is -2.12. The van der Waals surface area contributed by atoms with Crippen LogP contribution in [0, 0.1) is 6.92 Å². The van der Waals surface area contributed by atoms with Crippen molar-refractivity contribution in [2.24, 2.45) is 0 Å². The third kappa shape index (κ3) is 1.48. The second-order valence-electron chi connectivity index (χ2n) is 3.29. The molecule has 1 aromatic rings. The van der Waals surface area contributed by atoms with Crippen LogP contribution in [-0.2, 0) is 11.2 Å². The SMILES string of the molecule is Cc1ccc2c(c1)CC=C(C(=O)O)O2. The molecule has 0 amide bonds. The standard InChI is InChI=1S/C11H10O3/c1-7-2-4-9-8(6-7)3-5-10(14-9)11(12)13/h2,4-6H,3H2,1H3,(H,12,13). The van der Waals surface area contributed by atoms with Crippen molar-refractivity contribution in [3.05, 3.63) is 41.2 Å². The van der Waals surface area contributed by atoms with Crippen molar-refractivity contribution >= 4 is 5.97 Å². The summed E-state index contributed by atoms with van der Waals surface area (Å²) in [5.74, 6) is -0.354. The largest absolute Gasteiger partial charge is 0.475 e. The predicted molar refractivity (Wildman–Crippen MR) is 51.2 cm³/mol. The molecule has 0 aromatic heterocycles. The Morgan fingerprint density at radius 1 is 1.50 bits per heavy atom. The molecule has 1 N–H and O–H groups in total.